The van der Waals surface area contributed by atoms with Crippen molar-refractivity contribution in [1.29, 1.82) is 0 Å². The van der Waals surface area contributed by atoms with Gasteiger partial charge in [0.25, 0.3) is 6.33 Å². The zero-order chi connectivity index (χ0) is 8.67. The van der Waals surface area contributed by atoms with Gasteiger partial charge in [0.2, 0.25) is 5.52 Å². The second-order valence-corrected chi connectivity index (χ2v) is 3.01. The van der Waals surface area contributed by atoms with Crippen LogP contribution in [0.3, 0.4) is 0 Å². The lowest BCUT2D eigenvalue weighted by atomic mass is 10.2. The van der Waals surface area contributed by atoms with Crippen LogP contribution in [0.2, 0.25) is 0 Å². The molecule has 0 aliphatic heterocycles. The Morgan fingerprint density at radius 3 is 3.08 bits per heavy atom. The maximum Gasteiger partial charge on any atom is 0.284 e. The average molecular weight is 170 g/mol. The topological polar surface area (TPSA) is 42.8 Å². The van der Waals surface area contributed by atoms with Crippen LogP contribution in [0.25, 0.3) is 21.8 Å². The van der Waals surface area contributed by atoms with Gasteiger partial charge in [-0.15, -0.1) is 0 Å². The van der Waals surface area contributed by atoms with Crippen LogP contribution in [0, 0.1) is 0 Å². The fourth-order valence-electron chi connectivity index (χ4n) is 1.61. The molecule has 0 saturated heterocycles. The molecule has 3 aromatic rings. The molecule has 13 heavy (non-hydrogen) atoms. The zero-order valence-electron chi connectivity index (χ0n) is 6.91. The summed E-state index contributed by atoms with van der Waals surface area (Å²) in [6, 6.07) is 6.20. The molecular formula is C10H8N3+. The van der Waals surface area contributed by atoms with Crippen LogP contribution in [0.4, 0.5) is 0 Å². The van der Waals surface area contributed by atoms with Gasteiger partial charge in [0.05, 0.1) is 17.1 Å². The number of nitrogens with zero attached hydrogens (tertiary/aromatic N) is 1. The monoisotopic (exact) mass is 170 g/mol. The molecule has 0 aliphatic carbocycles. The third kappa shape index (κ3) is 0.839. The molecule has 0 unspecified atom stereocenters. The SMILES string of the molecule is c1cc2ccc3c[nH+]cnc3c2[nH]1. The van der Waals surface area contributed by atoms with Gasteiger partial charge in [-0.2, -0.15) is 0 Å². The molecule has 2 aromatic heterocycles. The number of fused-ring (bicyclic) bond motifs is 3. The number of H-pyrrole nitrogens is 2. The molecule has 0 amide bonds. The smallest absolute Gasteiger partial charge is 0.284 e. The summed E-state index contributed by atoms with van der Waals surface area (Å²) in [5.41, 5.74) is 2.12. The van der Waals surface area contributed by atoms with Gasteiger partial charge in [-0.1, -0.05) is 6.07 Å². The maximum atomic E-state index is 4.29. The van der Waals surface area contributed by atoms with E-state index in [4.69, 9.17) is 0 Å². The van der Waals surface area contributed by atoms with Gasteiger partial charge in [0.15, 0.2) is 0 Å². The first-order valence-corrected chi connectivity index (χ1v) is 4.17. The molecular weight excluding hydrogens is 162 g/mol. The summed E-state index contributed by atoms with van der Waals surface area (Å²) in [5, 5.41) is 2.32. The van der Waals surface area contributed by atoms with Gasteiger partial charge >= 0.3 is 0 Å². The molecule has 3 nitrogen and oxygen atoms in total. The Bertz CT molecular complexity index is 568. The summed E-state index contributed by atoms with van der Waals surface area (Å²) in [6.45, 7) is 0. The van der Waals surface area contributed by atoms with E-state index in [0.717, 1.165) is 16.4 Å². The van der Waals surface area contributed by atoms with E-state index < -0.39 is 0 Å². The van der Waals surface area contributed by atoms with E-state index in [-0.39, 0.29) is 0 Å². The maximum absolute atomic E-state index is 4.29. The number of benzene rings is 1. The number of hydrogen-bond donors (Lipinski definition) is 1. The van der Waals surface area contributed by atoms with Crippen LogP contribution in [-0.2, 0) is 0 Å². The second-order valence-electron chi connectivity index (χ2n) is 3.01. The van der Waals surface area contributed by atoms with Crippen molar-refractivity contribution in [2.24, 2.45) is 0 Å². The summed E-state index contributed by atoms with van der Waals surface area (Å²) in [6.07, 6.45) is 5.58. The third-order valence-corrected chi connectivity index (χ3v) is 2.24. The van der Waals surface area contributed by atoms with Crippen molar-refractivity contribution in [1.82, 2.24) is 9.97 Å². The minimum absolute atomic E-state index is 1.02. The Kier molecular flexibility index (Phi) is 1.16. The fourth-order valence-corrected chi connectivity index (χ4v) is 1.61. The van der Waals surface area contributed by atoms with E-state index in [2.05, 4.69) is 27.1 Å². The highest BCUT2D eigenvalue weighted by atomic mass is 14.8. The van der Waals surface area contributed by atoms with Crippen molar-refractivity contribution in [3.8, 4) is 0 Å². The molecule has 0 fully saturated rings. The van der Waals surface area contributed by atoms with Crippen LogP contribution < -0.4 is 4.98 Å². The molecule has 1 aromatic carbocycles. The first kappa shape index (κ1) is 6.60. The van der Waals surface area contributed by atoms with E-state index in [1.165, 1.54) is 5.39 Å². The molecule has 0 atom stereocenters. The highest BCUT2D eigenvalue weighted by molar-refractivity contribution is 6.02. The summed E-state index contributed by atoms with van der Waals surface area (Å²) in [5.74, 6) is 0. The minimum Gasteiger partial charge on any atom is -0.358 e. The Hall–Kier alpha value is -1.90. The third-order valence-electron chi connectivity index (χ3n) is 2.24. The highest BCUT2D eigenvalue weighted by Gasteiger charge is 2.05. The highest BCUT2D eigenvalue weighted by Crippen LogP contribution is 2.20. The quantitative estimate of drug-likeness (QED) is 0.546. The van der Waals surface area contributed by atoms with Crippen molar-refractivity contribution in [3.63, 3.8) is 0 Å². The Morgan fingerprint density at radius 2 is 2.08 bits per heavy atom. The van der Waals surface area contributed by atoms with Gasteiger partial charge in [-0.05, 0) is 17.1 Å². The number of hydrogen-bond acceptors (Lipinski definition) is 1. The molecule has 0 spiro atoms. The van der Waals surface area contributed by atoms with Gasteiger partial charge in [0, 0.05) is 11.6 Å². The fraction of sp³-hybridized carbons (Fsp3) is 0. The minimum atomic E-state index is 1.02. The molecule has 0 radical (unpaired) electrons. The van der Waals surface area contributed by atoms with Gasteiger partial charge in [-0.3, -0.25) is 0 Å². The molecule has 0 bridgehead atoms. The van der Waals surface area contributed by atoms with Crippen molar-refractivity contribution in [2.45, 2.75) is 0 Å². The Balaban J connectivity index is 2.65. The normalized spacial score (nSPS) is 11.1. The lowest BCUT2D eigenvalue weighted by molar-refractivity contribution is -0.380. The Morgan fingerprint density at radius 1 is 1.15 bits per heavy atom. The average Bonchev–Trinajstić information content (AvgIpc) is 2.65. The van der Waals surface area contributed by atoms with Gasteiger partial charge < -0.3 is 4.98 Å². The van der Waals surface area contributed by atoms with Crippen molar-refractivity contribution in [2.75, 3.05) is 0 Å². The van der Waals surface area contributed by atoms with E-state index in [1.807, 2.05) is 18.5 Å². The number of rotatable bonds is 0. The second kappa shape index (κ2) is 2.29. The van der Waals surface area contributed by atoms with Gasteiger partial charge in [-0.25, -0.2) is 4.98 Å². The number of aromatic nitrogens is 3. The van der Waals surface area contributed by atoms with Crippen LogP contribution in [-0.4, -0.2) is 9.97 Å². The molecule has 3 heteroatoms. The van der Waals surface area contributed by atoms with E-state index in [0.29, 0.717) is 0 Å². The summed E-state index contributed by atoms with van der Waals surface area (Å²) < 4.78 is 0. The van der Waals surface area contributed by atoms with Crippen LogP contribution >= 0.6 is 0 Å². The predicted molar refractivity (Wildman–Crippen MR) is 50.2 cm³/mol. The van der Waals surface area contributed by atoms with Crippen molar-refractivity contribution < 1.29 is 4.98 Å². The largest absolute Gasteiger partial charge is 0.358 e. The zero-order valence-corrected chi connectivity index (χ0v) is 6.91. The summed E-state index contributed by atoms with van der Waals surface area (Å²) >= 11 is 0. The van der Waals surface area contributed by atoms with Crippen LogP contribution in [0.5, 0.6) is 0 Å². The van der Waals surface area contributed by atoms with Crippen molar-refractivity contribution in [3.05, 3.63) is 36.9 Å². The molecule has 2 heterocycles. The summed E-state index contributed by atoms with van der Waals surface area (Å²) in [7, 11) is 0. The number of nitrogens with one attached hydrogen (secondary N) is 2. The summed E-state index contributed by atoms with van der Waals surface area (Å²) in [4.78, 5) is 10.4. The van der Waals surface area contributed by atoms with E-state index in [1.54, 1.807) is 6.33 Å². The van der Waals surface area contributed by atoms with E-state index >= 15 is 0 Å². The Labute approximate surface area is 74.4 Å². The number of aromatic amines is 2. The molecule has 3 rings (SSSR count). The standard InChI is InChI=1S/C10H7N3/c1-2-8-5-11-6-13-10(8)9-7(1)3-4-12-9/h1-6,12H/p+1. The first-order valence-electron chi connectivity index (χ1n) is 4.17. The van der Waals surface area contributed by atoms with Gasteiger partial charge in [0.1, 0.15) is 0 Å². The van der Waals surface area contributed by atoms with E-state index in [9.17, 15) is 0 Å². The van der Waals surface area contributed by atoms with Crippen LogP contribution in [0.15, 0.2) is 36.9 Å². The van der Waals surface area contributed by atoms with Crippen molar-refractivity contribution >= 4 is 21.8 Å². The van der Waals surface area contributed by atoms with Crippen LogP contribution in [0.1, 0.15) is 0 Å². The predicted octanol–water partition coefficient (Wildman–Crippen LogP) is 1.53. The molecule has 2 N–H and O–H groups in total. The lowest BCUT2D eigenvalue weighted by Gasteiger charge is -1.90. The molecule has 0 aliphatic rings. The first-order chi connectivity index (χ1) is 6.45. The lowest BCUT2D eigenvalue weighted by Crippen LogP contribution is -2.00. The molecule has 0 saturated carbocycles. The molecule has 62 valence electrons.